The number of amides is 1. The van der Waals surface area contributed by atoms with E-state index in [9.17, 15) is 9.18 Å². The predicted octanol–water partition coefficient (Wildman–Crippen LogP) is 6.74. The van der Waals surface area contributed by atoms with Crippen molar-refractivity contribution >= 4 is 11.6 Å². The molecule has 2 heterocycles. The van der Waals surface area contributed by atoms with E-state index in [1.54, 1.807) is 0 Å². The zero-order valence-corrected chi connectivity index (χ0v) is 23.9. The fourth-order valence-corrected chi connectivity index (χ4v) is 8.85. The lowest BCUT2D eigenvalue weighted by Gasteiger charge is -2.65. The maximum absolute atomic E-state index is 14.6. The summed E-state index contributed by atoms with van der Waals surface area (Å²) in [5, 5.41) is 9.24. The molecule has 3 aromatic rings. The van der Waals surface area contributed by atoms with E-state index in [0.717, 1.165) is 68.4 Å². The number of fused-ring (bicyclic) bond motifs is 3. The quantitative estimate of drug-likeness (QED) is 0.308. The summed E-state index contributed by atoms with van der Waals surface area (Å²) in [6.07, 6.45) is 12.6. The van der Waals surface area contributed by atoms with Crippen molar-refractivity contribution < 1.29 is 13.7 Å². The van der Waals surface area contributed by atoms with E-state index < -0.39 is 11.1 Å². The Morgan fingerprint density at radius 3 is 2.39 bits per heavy atom. The summed E-state index contributed by atoms with van der Waals surface area (Å²) in [5.74, 6) is 2.51. The van der Waals surface area contributed by atoms with Crippen LogP contribution >= 0.6 is 0 Å². The Balaban J connectivity index is 0.998. The first kappa shape index (κ1) is 24.6. The highest BCUT2D eigenvalue weighted by Gasteiger charge is 2.73. The minimum atomic E-state index is -1.11. The van der Waals surface area contributed by atoms with Crippen molar-refractivity contribution in [1.82, 2.24) is 19.9 Å². The van der Waals surface area contributed by atoms with Gasteiger partial charge in [0.1, 0.15) is 5.67 Å². The molecule has 4 bridgehead atoms. The van der Waals surface area contributed by atoms with E-state index in [1.165, 1.54) is 24.2 Å². The Hall–Kier alpha value is -3.03. The molecule has 0 N–H and O–H groups in total. The van der Waals surface area contributed by atoms with Crippen molar-refractivity contribution in [3.05, 3.63) is 47.5 Å². The molecule has 41 heavy (non-hydrogen) atoms. The average molecular weight is 556 g/mol. The van der Waals surface area contributed by atoms with Crippen LogP contribution in [0.2, 0.25) is 0 Å². The third kappa shape index (κ3) is 3.74. The Bertz CT molecular complexity index is 1520. The third-order valence-electron chi connectivity index (χ3n) is 11.8. The van der Waals surface area contributed by atoms with E-state index in [-0.39, 0.29) is 16.7 Å². The van der Waals surface area contributed by atoms with Crippen LogP contribution in [-0.4, -0.2) is 38.0 Å². The first-order valence-corrected chi connectivity index (χ1v) is 15.8. The lowest BCUT2D eigenvalue weighted by atomic mass is 9.41. The number of halogens is 1. The van der Waals surface area contributed by atoms with Crippen LogP contribution in [-0.2, 0) is 17.3 Å². The van der Waals surface area contributed by atoms with Crippen molar-refractivity contribution in [3.8, 4) is 11.5 Å². The first-order valence-electron chi connectivity index (χ1n) is 15.8. The van der Waals surface area contributed by atoms with Crippen LogP contribution in [0.15, 0.2) is 34.9 Å². The van der Waals surface area contributed by atoms with Crippen LogP contribution in [0.4, 0.5) is 10.1 Å². The highest BCUT2D eigenvalue weighted by atomic mass is 19.1. The van der Waals surface area contributed by atoms with Crippen molar-refractivity contribution in [1.29, 1.82) is 0 Å². The molecule has 214 valence electrons. The van der Waals surface area contributed by atoms with Crippen molar-refractivity contribution in [2.75, 3.05) is 11.4 Å². The normalized spacial score (nSPS) is 35.2. The SMILES string of the molecule is Cn1nc(C23CCC(CN(C(=O)C45CC(F)(C4)C5)c4cccc(-c5nc(C6CC6)no5)c4)(CC2)CC3)cc1C1CC1. The number of carbonyl (C=O) groups excluding carboxylic acids is 1. The molecule has 8 saturated carbocycles. The van der Waals surface area contributed by atoms with Crippen LogP contribution in [0.1, 0.15) is 113 Å². The van der Waals surface area contributed by atoms with Gasteiger partial charge in [-0.25, -0.2) is 4.39 Å². The Kier molecular flexibility index (Phi) is 4.84. The second-order valence-electron chi connectivity index (χ2n) is 14.8. The standard InChI is InChI=1S/C33H38FN5O2/c1-38-25(21-5-6-21)16-26(36-38)31-12-9-30(10-13-31,11-14-31)20-39(29(40)32-17-33(34,18-32)19-32)24-4-2-3-23(15-24)28-35-27(37-41-28)22-7-8-22/h2-4,15-16,21-22H,5-14,17-20H2,1H3. The highest BCUT2D eigenvalue weighted by molar-refractivity contribution is 6.00. The zero-order chi connectivity index (χ0) is 27.6. The Morgan fingerprint density at radius 2 is 1.73 bits per heavy atom. The molecule has 1 amide bonds. The average Bonchev–Trinajstić information content (AvgIpc) is 3.90. The van der Waals surface area contributed by atoms with Gasteiger partial charge >= 0.3 is 0 Å². The maximum Gasteiger partial charge on any atom is 0.258 e. The first-order chi connectivity index (χ1) is 19.8. The molecule has 11 rings (SSSR count). The summed E-state index contributed by atoms with van der Waals surface area (Å²) >= 11 is 0. The topological polar surface area (TPSA) is 77.1 Å². The molecule has 8 aliphatic carbocycles. The molecule has 0 spiro atoms. The number of aromatic nitrogens is 4. The Labute approximate surface area is 239 Å². The van der Waals surface area contributed by atoms with E-state index in [1.807, 2.05) is 29.2 Å². The van der Waals surface area contributed by atoms with Crippen molar-refractivity contribution in [3.63, 3.8) is 0 Å². The van der Waals surface area contributed by atoms with Gasteiger partial charge in [0.2, 0.25) is 5.91 Å². The van der Waals surface area contributed by atoms with Gasteiger partial charge in [0.15, 0.2) is 5.82 Å². The van der Waals surface area contributed by atoms with Gasteiger partial charge in [-0.1, -0.05) is 11.2 Å². The molecule has 8 aliphatic rings. The van der Waals surface area contributed by atoms with Gasteiger partial charge in [-0.15, -0.1) is 0 Å². The molecule has 8 fully saturated rings. The number of hydrogen-bond donors (Lipinski definition) is 0. The van der Waals surface area contributed by atoms with Crippen LogP contribution in [0.25, 0.3) is 11.5 Å². The van der Waals surface area contributed by atoms with E-state index >= 15 is 0 Å². The molecular formula is C33H38FN5O2. The van der Waals surface area contributed by atoms with E-state index in [0.29, 0.717) is 43.5 Å². The number of aryl methyl sites for hydroxylation is 1. The summed E-state index contributed by atoms with van der Waals surface area (Å²) in [6.45, 7) is 0.694. The molecule has 0 unspecified atom stereocenters. The summed E-state index contributed by atoms with van der Waals surface area (Å²) in [4.78, 5) is 20.9. The Morgan fingerprint density at radius 1 is 1.02 bits per heavy atom. The molecular weight excluding hydrogens is 517 g/mol. The third-order valence-corrected chi connectivity index (χ3v) is 11.8. The summed E-state index contributed by atoms with van der Waals surface area (Å²) in [6, 6.07) is 10.4. The second-order valence-corrected chi connectivity index (χ2v) is 14.8. The molecule has 0 aliphatic heterocycles. The molecule has 0 radical (unpaired) electrons. The largest absolute Gasteiger partial charge is 0.334 e. The zero-order valence-electron chi connectivity index (χ0n) is 23.9. The number of alkyl halides is 1. The molecule has 0 atom stereocenters. The predicted molar refractivity (Wildman–Crippen MR) is 151 cm³/mol. The number of benzene rings is 1. The lowest BCUT2D eigenvalue weighted by molar-refractivity contribution is -0.211. The van der Waals surface area contributed by atoms with Crippen LogP contribution in [0.5, 0.6) is 0 Å². The van der Waals surface area contributed by atoms with Crippen LogP contribution in [0.3, 0.4) is 0 Å². The van der Waals surface area contributed by atoms with Gasteiger partial charge in [-0.05, 0) is 113 Å². The summed E-state index contributed by atoms with van der Waals surface area (Å²) in [7, 11) is 2.11. The number of anilines is 1. The van der Waals surface area contributed by atoms with Gasteiger partial charge < -0.3 is 9.42 Å². The van der Waals surface area contributed by atoms with E-state index in [4.69, 9.17) is 9.62 Å². The minimum absolute atomic E-state index is 0.0854. The molecule has 1 aromatic carbocycles. The minimum Gasteiger partial charge on any atom is -0.334 e. The van der Waals surface area contributed by atoms with Gasteiger partial charge in [-0.3, -0.25) is 9.48 Å². The summed E-state index contributed by atoms with van der Waals surface area (Å²) < 4.78 is 22.3. The van der Waals surface area contributed by atoms with Gasteiger partial charge in [0, 0.05) is 47.8 Å². The van der Waals surface area contributed by atoms with Gasteiger partial charge in [0.05, 0.1) is 11.1 Å². The molecule has 2 aromatic heterocycles. The fourth-order valence-electron chi connectivity index (χ4n) is 8.85. The maximum atomic E-state index is 14.6. The highest BCUT2D eigenvalue weighted by Crippen LogP contribution is 2.70. The molecule has 7 nitrogen and oxygen atoms in total. The summed E-state index contributed by atoms with van der Waals surface area (Å²) in [5.41, 5.74) is 3.03. The smallest absolute Gasteiger partial charge is 0.258 e. The monoisotopic (exact) mass is 555 g/mol. The molecule has 8 heteroatoms. The lowest BCUT2D eigenvalue weighted by Crippen LogP contribution is -2.71. The van der Waals surface area contributed by atoms with Crippen molar-refractivity contribution in [2.24, 2.45) is 17.9 Å². The van der Waals surface area contributed by atoms with E-state index in [2.05, 4.69) is 27.9 Å². The van der Waals surface area contributed by atoms with Gasteiger partial charge in [-0.2, -0.15) is 10.1 Å². The van der Waals surface area contributed by atoms with Crippen LogP contribution < -0.4 is 4.90 Å². The fraction of sp³-hybridized carbons (Fsp3) is 0.636. The van der Waals surface area contributed by atoms with Crippen molar-refractivity contribution in [2.45, 2.75) is 106 Å². The molecule has 0 saturated heterocycles. The number of hydrogen-bond acceptors (Lipinski definition) is 5. The second kappa shape index (κ2) is 8.07. The van der Waals surface area contributed by atoms with Crippen LogP contribution in [0, 0.1) is 10.8 Å². The number of rotatable bonds is 8. The number of carbonyl (C=O) groups is 1. The number of nitrogens with zero attached hydrogens (tertiary/aromatic N) is 5. The van der Waals surface area contributed by atoms with Gasteiger partial charge in [0.25, 0.3) is 5.89 Å².